The van der Waals surface area contributed by atoms with Crippen molar-refractivity contribution in [2.24, 2.45) is 0 Å². The fourth-order valence-electron chi connectivity index (χ4n) is 2.97. The van der Waals surface area contributed by atoms with Crippen LogP contribution in [0.5, 0.6) is 5.75 Å². The number of allylic oxidation sites excluding steroid dienone is 2. The zero-order valence-corrected chi connectivity index (χ0v) is 15.8. The van der Waals surface area contributed by atoms with Gasteiger partial charge in [-0.3, -0.25) is 0 Å². The van der Waals surface area contributed by atoms with Crippen LogP contribution in [0.25, 0.3) is 12.2 Å². The van der Waals surface area contributed by atoms with E-state index in [9.17, 15) is 4.79 Å². The maximum atomic E-state index is 12.5. The van der Waals surface area contributed by atoms with Crippen LogP contribution in [0, 0.1) is 6.92 Å². The molecule has 132 valence electrons. The highest BCUT2D eigenvalue weighted by atomic mass is 35.5. The van der Waals surface area contributed by atoms with E-state index >= 15 is 0 Å². The third-order valence-electron chi connectivity index (χ3n) is 4.89. The molecule has 1 aliphatic heterocycles. The number of halogens is 1. The van der Waals surface area contributed by atoms with Gasteiger partial charge in [0.1, 0.15) is 17.6 Å². The quantitative estimate of drug-likeness (QED) is 0.775. The number of ether oxygens (including phenoxy) is 1. The predicted molar refractivity (Wildman–Crippen MR) is 101 cm³/mol. The van der Waals surface area contributed by atoms with E-state index < -0.39 is 0 Å². The zero-order valence-electron chi connectivity index (χ0n) is 15.1. The molecule has 1 atom stereocenters. The third-order valence-corrected chi connectivity index (χ3v) is 5.22. The third kappa shape index (κ3) is 3.07. The molecule has 0 fully saturated rings. The summed E-state index contributed by atoms with van der Waals surface area (Å²) in [5.41, 5.74) is 2.59. The molecule has 5 heteroatoms. The van der Waals surface area contributed by atoms with Crippen LogP contribution in [-0.4, -0.2) is 11.1 Å². The number of fused-ring (bicyclic) bond motifs is 1. The highest BCUT2D eigenvalue weighted by Crippen LogP contribution is 2.43. The average molecular weight is 360 g/mol. The Morgan fingerprint density at radius 3 is 2.76 bits per heavy atom. The molecule has 0 spiro atoms. The van der Waals surface area contributed by atoms with Gasteiger partial charge in [-0.1, -0.05) is 31.5 Å². The summed E-state index contributed by atoms with van der Waals surface area (Å²) in [6, 6.07) is 1.80. The smallest absolute Gasteiger partial charge is 0.343 e. The van der Waals surface area contributed by atoms with E-state index in [-0.39, 0.29) is 17.1 Å². The van der Waals surface area contributed by atoms with Crippen LogP contribution in [0.15, 0.2) is 33.1 Å². The molecule has 2 aromatic rings. The lowest BCUT2D eigenvalue weighted by Crippen LogP contribution is -2.32. The first kappa shape index (κ1) is 17.6. The second-order valence-corrected chi connectivity index (χ2v) is 7.43. The summed E-state index contributed by atoms with van der Waals surface area (Å²) in [5, 5.41) is 0.664. The van der Waals surface area contributed by atoms with Crippen LogP contribution in [0.1, 0.15) is 50.3 Å². The molecule has 3 rings (SSSR count). The Morgan fingerprint density at radius 1 is 1.40 bits per heavy atom. The van der Waals surface area contributed by atoms with Gasteiger partial charge in [-0.15, -0.1) is 0 Å². The molecule has 1 unspecified atom stereocenters. The van der Waals surface area contributed by atoms with Crippen molar-refractivity contribution in [3.8, 4) is 5.75 Å². The lowest BCUT2D eigenvalue weighted by atomic mass is 9.82. The van der Waals surface area contributed by atoms with E-state index in [1.807, 2.05) is 46.8 Å². The molecule has 0 radical (unpaired) electrons. The molecule has 4 nitrogen and oxygen atoms in total. The molecule has 0 amide bonds. The van der Waals surface area contributed by atoms with Gasteiger partial charge >= 0.3 is 5.63 Å². The first-order chi connectivity index (χ1) is 11.7. The van der Waals surface area contributed by atoms with Gasteiger partial charge in [0.25, 0.3) is 0 Å². The van der Waals surface area contributed by atoms with Crippen LogP contribution < -0.4 is 10.4 Å². The number of hydrogen-bond acceptors (Lipinski definition) is 3. The van der Waals surface area contributed by atoms with Gasteiger partial charge in [-0.05, 0) is 44.6 Å². The van der Waals surface area contributed by atoms with Gasteiger partial charge < -0.3 is 14.1 Å². The monoisotopic (exact) mass is 359 g/mol. The molecule has 0 saturated carbocycles. The Labute approximate surface area is 152 Å². The predicted octanol–water partition coefficient (Wildman–Crippen LogP) is 5.10. The summed E-state index contributed by atoms with van der Waals surface area (Å²) in [6.07, 6.45) is 7.33. The summed E-state index contributed by atoms with van der Waals surface area (Å²) >= 11 is 6.08. The molecular weight excluding hydrogens is 338 g/mol. The van der Waals surface area contributed by atoms with Crippen LogP contribution in [0.3, 0.4) is 0 Å². The van der Waals surface area contributed by atoms with Crippen molar-refractivity contribution in [1.29, 1.82) is 0 Å². The average Bonchev–Trinajstić information content (AvgIpc) is 3.03. The molecule has 0 bridgehead atoms. The standard InChI is InChI=1S/C20H22ClNO3/c1-11(10-15-14(21)8-9-22-15)6-7-16-12(2)18-17(19(23)25-16)20(4,5)13(3)24-18/h6-10,13,22H,1-5H3/b7-6+,11-10+. The zero-order chi connectivity index (χ0) is 18.4. The summed E-state index contributed by atoms with van der Waals surface area (Å²) in [6.45, 7) is 9.85. The van der Waals surface area contributed by atoms with Gasteiger partial charge in [0.2, 0.25) is 0 Å². The Kier molecular flexibility index (Phi) is 4.41. The number of rotatable bonds is 3. The number of hydrogen-bond donors (Lipinski definition) is 1. The lowest BCUT2D eigenvalue weighted by molar-refractivity contribution is 0.184. The van der Waals surface area contributed by atoms with Crippen LogP contribution in [0.2, 0.25) is 5.02 Å². The van der Waals surface area contributed by atoms with E-state index in [1.165, 1.54) is 0 Å². The Bertz CT molecular complexity index is 931. The molecular formula is C20H22ClNO3. The first-order valence-corrected chi connectivity index (χ1v) is 8.63. The van der Waals surface area contributed by atoms with Crippen molar-refractivity contribution in [2.45, 2.75) is 46.1 Å². The summed E-state index contributed by atoms with van der Waals surface area (Å²) in [5.74, 6) is 1.17. The van der Waals surface area contributed by atoms with Crippen molar-refractivity contribution in [3.63, 3.8) is 0 Å². The van der Waals surface area contributed by atoms with E-state index in [0.717, 1.165) is 16.8 Å². The van der Waals surface area contributed by atoms with Crippen LogP contribution in [0.4, 0.5) is 0 Å². The molecule has 0 aliphatic carbocycles. The molecule has 0 aromatic carbocycles. The minimum Gasteiger partial charge on any atom is -0.489 e. The normalized spacial score (nSPS) is 19.3. The van der Waals surface area contributed by atoms with E-state index in [4.69, 9.17) is 20.8 Å². The Morgan fingerprint density at radius 2 is 2.12 bits per heavy atom. The van der Waals surface area contributed by atoms with Crippen molar-refractivity contribution in [1.82, 2.24) is 4.98 Å². The summed E-state index contributed by atoms with van der Waals surface area (Å²) < 4.78 is 11.5. The van der Waals surface area contributed by atoms with E-state index in [2.05, 4.69) is 4.98 Å². The molecule has 3 heterocycles. The van der Waals surface area contributed by atoms with Gasteiger partial charge in [0, 0.05) is 17.2 Å². The maximum Gasteiger partial charge on any atom is 0.343 e. The van der Waals surface area contributed by atoms with Crippen LogP contribution in [-0.2, 0) is 5.41 Å². The van der Waals surface area contributed by atoms with Gasteiger partial charge in [0.15, 0.2) is 0 Å². The Hall–Kier alpha value is -2.20. The maximum absolute atomic E-state index is 12.5. The fourth-order valence-corrected chi connectivity index (χ4v) is 3.14. The Balaban J connectivity index is 1.97. The molecule has 25 heavy (non-hydrogen) atoms. The second kappa shape index (κ2) is 6.26. The minimum absolute atomic E-state index is 0.0695. The van der Waals surface area contributed by atoms with E-state index in [0.29, 0.717) is 22.1 Å². The fraction of sp³-hybridized carbons (Fsp3) is 0.350. The van der Waals surface area contributed by atoms with Crippen molar-refractivity contribution in [2.75, 3.05) is 0 Å². The van der Waals surface area contributed by atoms with Gasteiger partial charge in [0.05, 0.1) is 16.3 Å². The lowest BCUT2D eigenvalue weighted by Gasteiger charge is -2.20. The summed E-state index contributed by atoms with van der Waals surface area (Å²) in [7, 11) is 0. The van der Waals surface area contributed by atoms with Gasteiger partial charge in [-0.2, -0.15) is 0 Å². The largest absolute Gasteiger partial charge is 0.489 e. The molecule has 2 aromatic heterocycles. The van der Waals surface area contributed by atoms with Gasteiger partial charge in [-0.25, -0.2) is 4.79 Å². The van der Waals surface area contributed by atoms with E-state index in [1.54, 1.807) is 18.3 Å². The number of aromatic nitrogens is 1. The number of H-pyrrole nitrogens is 1. The van der Waals surface area contributed by atoms with Crippen LogP contribution >= 0.6 is 11.6 Å². The van der Waals surface area contributed by atoms with Crippen molar-refractivity contribution < 1.29 is 9.15 Å². The summed E-state index contributed by atoms with van der Waals surface area (Å²) in [4.78, 5) is 15.5. The highest BCUT2D eigenvalue weighted by molar-refractivity contribution is 6.31. The minimum atomic E-state index is -0.358. The highest BCUT2D eigenvalue weighted by Gasteiger charge is 2.43. The number of nitrogens with one attached hydrogen (secondary N) is 1. The van der Waals surface area contributed by atoms with Crippen molar-refractivity contribution >= 4 is 23.8 Å². The SMILES string of the molecule is CC(/C=C/c1oc(=O)c2c(c1C)OC(C)C2(C)C)=C\c1[nH]ccc1Cl. The molecule has 0 saturated heterocycles. The molecule has 1 aliphatic rings. The molecule has 1 N–H and O–H groups in total. The topological polar surface area (TPSA) is 55.2 Å². The van der Waals surface area contributed by atoms with Crippen molar-refractivity contribution in [3.05, 3.63) is 61.9 Å². The first-order valence-electron chi connectivity index (χ1n) is 8.26. The second-order valence-electron chi connectivity index (χ2n) is 7.03. The number of aromatic amines is 1.